The highest BCUT2D eigenvalue weighted by molar-refractivity contribution is 6.14. The van der Waals surface area contributed by atoms with Crippen molar-refractivity contribution in [2.75, 3.05) is 21.2 Å². The number of hydrogen-bond donors (Lipinski definition) is 0. The van der Waals surface area contributed by atoms with Gasteiger partial charge in [-0.15, -0.1) is 0 Å². The fourth-order valence-corrected chi connectivity index (χ4v) is 2.38. The van der Waals surface area contributed by atoms with Crippen LogP contribution in [0.1, 0.15) is 16.8 Å². The molecule has 0 saturated carbocycles. The van der Waals surface area contributed by atoms with Gasteiger partial charge in [0.25, 0.3) is 11.8 Å². The molecule has 1 aromatic rings. The van der Waals surface area contributed by atoms with Crippen LogP contribution in [0.15, 0.2) is 42.1 Å². The number of carbonyl (C=O) groups is 3. The number of ether oxygens (including phenoxy) is 1. The first kappa shape index (κ1) is 15.8. The van der Waals surface area contributed by atoms with Crippen molar-refractivity contribution in [2.24, 2.45) is 0 Å². The number of hydrogen-bond acceptors (Lipinski definition) is 5. The minimum Gasteiger partial charge on any atom is -0.467 e. The van der Waals surface area contributed by atoms with Gasteiger partial charge in [-0.3, -0.25) is 14.5 Å². The molecule has 0 spiro atoms. The molecular formula is C16H18N2O4. The molecule has 1 saturated heterocycles. The predicted octanol–water partition coefficient (Wildman–Crippen LogP) is 1.05. The van der Waals surface area contributed by atoms with Gasteiger partial charge in [-0.25, -0.2) is 4.79 Å². The minimum atomic E-state index is -0.920. The highest BCUT2D eigenvalue weighted by atomic mass is 16.5. The summed E-state index contributed by atoms with van der Waals surface area (Å²) in [4.78, 5) is 39.7. The molecule has 2 rings (SSSR count). The van der Waals surface area contributed by atoms with E-state index in [9.17, 15) is 14.4 Å². The van der Waals surface area contributed by atoms with Crippen molar-refractivity contribution in [1.29, 1.82) is 0 Å². The van der Waals surface area contributed by atoms with E-state index in [0.29, 0.717) is 11.1 Å². The Labute approximate surface area is 129 Å². The molecule has 1 atom stereocenters. The van der Waals surface area contributed by atoms with E-state index < -0.39 is 23.8 Å². The lowest BCUT2D eigenvalue weighted by Gasteiger charge is -2.20. The molecule has 1 fully saturated rings. The number of carbonyl (C=O) groups excluding carboxylic acids is 3. The average molecular weight is 302 g/mol. The third-order valence-corrected chi connectivity index (χ3v) is 3.35. The van der Waals surface area contributed by atoms with Crippen LogP contribution in [-0.2, 0) is 14.3 Å². The topological polar surface area (TPSA) is 66.9 Å². The molecule has 1 aromatic carbocycles. The van der Waals surface area contributed by atoms with E-state index in [1.165, 1.54) is 7.11 Å². The number of esters is 1. The summed E-state index contributed by atoms with van der Waals surface area (Å²) < 4.78 is 4.73. The molecule has 0 N–H and O–H groups in total. The molecule has 0 unspecified atom stereocenters. The molecular weight excluding hydrogens is 284 g/mol. The van der Waals surface area contributed by atoms with E-state index >= 15 is 0 Å². The van der Waals surface area contributed by atoms with Crippen molar-refractivity contribution in [2.45, 2.75) is 12.5 Å². The first-order chi connectivity index (χ1) is 10.5. The molecule has 6 nitrogen and oxygen atoms in total. The lowest BCUT2D eigenvalue weighted by atomic mass is 10.1. The van der Waals surface area contributed by atoms with Crippen LogP contribution in [-0.4, -0.2) is 54.8 Å². The summed E-state index contributed by atoms with van der Waals surface area (Å²) in [5.41, 5.74) is 0.764. The monoisotopic (exact) mass is 302 g/mol. The molecule has 116 valence electrons. The fraction of sp³-hybridized carbons (Fsp3) is 0.312. The Morgan fingerprint density at radius 2 is 1.91 bits per heavy atom. The summed E-state index contributed by atoms with van der Waals surface area (Å²) in [6.45, 7) is 0. The average Bonchev–Trinajstić information content (AvgIpc) is 2.83. The van der Waals surface area contributed by atoms with E-state index in [1.807, 2.05) is 0 Å². The van der Waals surface area contributed by atoms with Gasteiger partial charge in [-0.1, -0.05) is 18.2 Å². The quantitative estimate of drug-likeness (QED) is 0.474. The number of likely N-dealkylation sites (tertiary alicyclic amines) is 1. The molecule has 0 aromatic heterocycles. The van der Waals surface area contributed by atoms with Gasteiger partial charge >= 0.3 is 5.97 Å². The Bertz CT molecular complexity index is 622. The van der Waals surface area contributed by atoms with E-state index in [0.717, 1.165) is 4.90 Å². The standard InChI is InChI=1S/C16H18N2O4/c1-17(2)10-12-9-13(16(21)22-3)18(15(12)20)14(19)11-7-5-4-6-8-11/h4-8,10,13H,9H2,1-3H3/t13-/m0/s1. The number of rotatable bonds is 3. The highest BCUT2D eigenvalue weighted by Crippen LogP contribution is 2.27. The van der Waals surface area contributed by atoms with Crippen LogP contribution in [0.2, 0.25) is 0 Å². The van der Waals surface area contributed by atoms with Gasteiger partial charge in [0.05, 0.1) is 7.11 Å². The van der Waals surface area contributed by atoms with Gasteiger partial charge in [-0.05, 0) is 12.1 Å². The molecule has 1 aliphatic heterocycles. The lowest BCUT2D eigenvalue weighted by Crippen LogP contribution is -2.43. The first-order valence-corrected chi connectivity index (χ1v) is 6.83. The summed E-state index contributed by atoms with van der Waals surface area (Å²) >= 11 is 0. The second-order valence-electron chi connectivity index (χ2n) is 5.21. The summed E-state index contributed by atoms with van der Waals surface area (Å²) in [5, 5.41) is 0. The maximum absolute atomic E-state index is 12.6. The predicted molar refractivity (Wildman–Crippen MR) is 79.8 cm³/mol. The zero-order valence-electron chi connectivity index (χ0n) is 12.8. The maximum atomic E-state index is 12.6. The van der Waals surface area contributed by atoms with Crippen molar-refractivity contribution in [3.8, 4) is 0 Å². The summed E-state index contributed by atoms with van der Waals surface area (Å²) in [6, 6.07) is 7.48. The number of methoxy groups -OCH3 is 1. The number of benzene rings is 1. The van der Waals surface area contributed by atoms with Crippen molar-refractivity contribution < 1.29 is 19.1 Å². The fourth-order valence-electron chi connectivity index (χ4n) is 2.38. The molecule has 22 heavy (non-hydrogen) atoms. The summed E-state index contributed by atoms with van der Waals surface area (Å²) in [7, 11) is 4.79. The first-order valence-electron chi connectivity index (χ1n) is 6.83. The second-order valence-corrected chi connectivity index (χ2v) is 5.21. The zero-order valence-corrected chi connectivity index (χ0v) is 12.8. The van der Waals surface area contributed by atoms with E-state index in [-0.39, 0.29) is 6.42 Å². The van der Waals surface area contributed by atoms with E-state index in [1.54, 1.807) is 55.5 Å². The Hall–Kier alpha value is -2.63. The van der Waals surface area contributed by atoms with E-state index in [2.05, 4.69) is 0 Å². The van der Waals surface area contributed by atoms with Gasteiger partial charge in [0, 0.05) is 37.9 Å². The van der Waals surface area contributed by atoms with Crippen LogP contribution in [0, 0.1) is 0 Å². The Balaban J connectivity index is 2.39. The highest BCUT2D eigenvalue weighted by Gasteiger charge is 2.44. The maximum Gasteiger partial charge on any atom is 0.329 e. The molecule has 0 bridgehead atoms. The van der Waals surface area contributed by atoms with Gasteiger partial charge in [0.15, 0.2) is 0 Å². The molecule has 1 aliphatic rings. The van der Waals surface area contributed by atoms with Gasteiger partial charge in [0.1, 0.15) is 6.04 Å². The van der Waals surface area contributed by atoms with Crippen LogP contribution >= 0.6 is 0 Å². The molecule has 0 aliphatic carbocycles. The van der Waals surface area contributed by atoms with Gasteiger partial charge in [-0.2, -0.15) is 0 Å². The Morgan fingerprint density at radius 3 is 2.45 bits per heavy atom. The smallest absolute Gasteiger partial charge is 0.329 e. The van der Waals surface area contributed by atoms with Crippen molar-refractivity contribution in [3.63, 3.8) is 0 Å². The third kappa shape index (κ3) is 3.00. The summed E-state index contributed by atoms with van der Waals surface area (Å²) in [5.74, 6) is -1.55. The third-order valence-electron chi connectivity index (χ3n) is 3.35. The van der Waals surface area contributed by atoms with Crippen LogP contribution in [0.5, 0.6) is 0 Å². The van der Waals surface area contributed by atoms with Crippen molar-refractivity contribution >= 4 is 17.8 Å². The molecule has 1 heterocycles. The van der Waals surface area contributed by atoms with Gasteiger partial charge < -0.3 is 9.64 Å². The molecule has 2 amide bonds. The Morgan fingerprint density at radius 1 is 1.27 bits per heavy atom. The van der Waals surface area contributed by atoms with Crippen LogP contribution in [0.4, 0.5) is 0 Å². The number of nitrogens with zero attached hydrogens (tertiary/aromatic N) is 2. The van der Waals surface area contributed by atoms with Crippen molar-refractivity contribution in [3.05, 3.63) is 47.7 Å². The van der Waals surface area contributed by atoms with Crippen LogP contribution in [0.3, 0.4) is 0 Å². The SMILES string of the molecule is COC(=O)[C@@H]1CC(=CN(C)C)C(=O)N1C(=O)c1ccccc1. The normalized spacial score (nSPS) is 19.4. The minimum absolute atomic E-state index is 0.155. The molecule has 6 heteroatoms. The van der Waals surface area contributed by atoms with Crippen LogP contribution < -0.4 is 0 Å². The summed E-state index contributed by atoms with van der Waals surface area (Å²) in [6.07, 6.45) is 1.78. The largest absolute Gasteiger partial charge is 0.467 e. The number of amides is 2. The number of imide groups is 1. The zero-order chi connectivity index (χ0) is 16.3. The van der Waals surface area contributed by atoms with Crippen LogP contribution in [0.25, 0.3) is 0 Å². The van der Waals surface area contributed by atoms with Gasteiger partial charge in [0.2, 0.25) is 0 Å². The van der Waals surface area contributed by atoms with Crippen molar-refractivity contribution in [1.82, 2.24) is 9.80 Å². The molecule has 0 radical (unpaired) electrons. The Kier molecular flexibility index (Phi) is 4.60. The van der Waals surface area contributed by atoms with E-state index in [4.69, 9.17) is 4.74 Å². The second kappa shape index (κ2) is 6.43. The lowest BCUT2D eigenvalue weighted by molar-refractivity contribution is -0.147.